The third-order valence-electron chi connectivity index (χ3n) is 1.80. The number of hydrogen-bond donors (Lipinski definition) is 3. The number of benzene rings is 1. The molecule has 1 aromatic carbocycles. The molecule has 5 nitrogen and oxygen atoms in total. The van der Waals surface area contributed by atoms with Gasteiger partial charge in [0.15, 0.2) is 0 Å². The van der Waals surface area contributed by atoms with Crippen LogP contribution in [0, 0.1) is 11.2 Å². The van der Waals surface area contributed by atoms with Crippen molar-refractivity contribution >= 4 is 17.6 Å². The van der Waals surface area contributed by atoms with E-state index in [0.717, 1.165) is 6.07 Å². The van der Waals surface area contributed by atoms with E-state index in [4.69, 9.17) is 11.1 Å². The topological polar surface area (TPSA) is 88.2 Å². The van der Waals surface area contributed by atoms with Crippen LogP contribution >= 0.6 is 0 Å². The van der Waals surface area contributed by atoms with Crippen molar-refractivity contribution in [3.63, 3.8) is 0 Å². The van der Waals surface area contributed by atoms with Crippen LogP contribution < -0.4 is 11.1 Å². The van der Waals surface area contributed by atoms with Gasteiger partial charge in [-0.15, -0.1) is 0 Å². The van der Waals surface area contributed by atoms with Gasteiger partial charge in [-0.3, -0.25) is 10.7 Å². The number of amidine groups is 1. The van der Waals surface area contributed by atoms with Crippen LogP contribution in [-0.2, 0) is 4.74 Å². The van der Waals surface area contributed by atoms with Crippen LogP contribution in [0.1, 0.15) is 12.5 Å². The van der Waals surface area contributed by atoms with E-state index >= 15 is 0 Å². The minimum absolute atomic E-state index is 0.117. The molecule has 0 fully saturated rings. The van der Waals surface area contributed by atoms with Gasteiger partial charge in [0.05, 0.1) is 17.9 Å². The summed E-state index contributed by atoms with van der Waals surface area (Å²) in [6.07, 6.45) is -0.712. The summed E-state index contributed by atoms with van der Waals surface area (Å²) in [7, 11) is 0. The number of carbonyl (C=O) groups is 1. The molecular weight excluding hydrogens is 213 g/mol. The van der Waals surface area contributed by atoms with Gasteiger partial charge in [0.2, 0.25) is 0 Å². The minimum Gasteiger partial charge on any atom is -0.450 e. The summed E-state index contributed by atoms with van der Waals surface area (Å²) in [5.41, 5.74) is 5.19. The highest BCUT2D eigenvalue weighted by Crippen LogP contribution is 2.18. The Hall–Kier alpha value is -2.11. The number of nitrogen functional groups attached to an aromatic ring is 1. The van der Waals surface area contributed by atoms with Crippen molar-refractivity contribution in [1.29, 1.82) is 5.41 Å². The van der Waals surface area contributed by atoms with Crippen LogP contribution in [-0.4, -0.2) is 18.5 Å². The fraction of sp³-hybridized carbons (Fsp3) is 0.200. The lowest BCUT2D eigenvalue weighted by atomic mass is 10.1. The van der Waals surface area contributed by atoms with E-state index in [9.17, 15) is 9.18 Å². The van der Waals surface area contributed by atoms with E-state index in [2.05, 4.69) is 10.1 Å². The van der Waals surface area contributed by atoms with E-state index in [1.54, 1.807) is 6.92 Å². The Kier molecular flexibility index (Phi) is 3.82. The van der Waals surface area contributed by atoms with Gasteiger partial charge in [-0.1, -0.05) is 6.07 Å². The molecule has 0 aliphatic carbocycles. The molecule has 0 unspecified atom stereocenters. The fourth-order valence-electron chi connectivity index (χ4n) is 1.18. The zero-order chi connectivity index (χ0) is 12.1. The molecule has 0 radical (unpaired) electrons. The largest absolute Gasteiger partial charge is 0.450 e. The standard InChI is InChI=1S/C10H12FN3O2/c1-2-16-10(15)14-7-5-3-4-6(11)8(7)9(12)13/h3-5H,2H2,1H3,(H3,12,13)(H,14,15). The van der Waals surface area contributed by atoms with Crippen LogP contribution in [0.4, 0.5) is 14.9 Å². The van der Waals surface area contributed by atoms with Crippen molar-refractivity contribution in [3.05, 3.63) is 29.6 Å². The monoisotopic (exact) mass is 225 g/mol. The summed E-state index contributed by atoms with van der Waals surface area (Å²) in [6.45, 7) is 1.85. The molecule has 0 aliphatic heterocycles. The molecule has 0 aromatic heterocycles. The van der Waals surface area contributed by atoms with E-state index in [1.807, 2.05) is 0 Å². The van der Waals surface area contributed by atoms with Crippen LogP contribution in [0.15, 0.2) is 18.2 Å². The molecule has 0 heterocycles. The summed E-state index contributed by atoms with van der Waals surface area (Å²) in [4.78, 5) is 11.1. The van der Waals surface area contributed by atoms with Gasteiger partial charge in [-0.2, -0.15) is 0 Å². The normalized spacial score (nSPS) is 9.62. The van der Waals surface area contributed by atoms with Crippen molar-refractivity contribution < 1.29 is 13.9 Å². The van der Waals surface area contributed by atoms with Gasteiger partial charge in [0.25, 0.3) is 0 Å². The number of ether oxygens (including phenoxy) is 1. The van der Waals surface area contributed by atoms with Gasteiger partial charge in [0, 0.05) is 0 Å². The molecule has 1 amide bonds. The number of rotatable bonds is 3. The first-order valence-corrected chi connectivity index (χ1v) is 4.63. The van der Waals surface area contributed by atoms with Crippen LogP contribution in [0.25, 0.3) is 0 Å². The summed E-state index contributed by atoms with van der Waals surface area (Å²) >= 11 is 0. The van der Waals surface area contributed by atoms with Gasteiger partial charge in [-0.25, -0.2) is 9.18 Å². The number of anilines is 1. The number of amides is 1. The molecule has 0 atom stereocenters. The second kappa shape index (κ2) is 5.11. The molecule has 0 saturated carbocycles. The van der Waals surface area contributed by atoms with Crippen molar-refractivity contribution in [2.24, 2.45) is 5.73 Å². The van der Waals surface area contributed by atoms with E-state index in [1.165, 1.54) is 12.1 Å². The Balaban J connectivity index is 3.00. The molecule has 1 rings (SSSR count). The number of nitrogens with one attached hydrogen (secondary N) is 2. The Morgan fingerprint density at radius 1 is 1.62 bits per heavy atom. The molecule has 16 heavy (non-hydrogen) atoms. The fourth-order valence-corrected chi connectivity index (χ4v) is 1.18. The maximum Gasteiger partial charge on any atom is 0.411 e. The molecule has 86 valence electrons. The van der Waals surface area contributed by atoms with Crippen molar-refractivity contribution in [3.8, 4) is 0 Å². The van der Waals surface area contributed by atoms with Crippen molar-refractivity contribution in [1.82, 2.24) is 0 Å². The maximum atomic E-state index is 13.3. The van der Waals surface area contributed by atoms with E-state index < -0.39 is 17.7 Å². The highest BCUT2D eigenvalue weighted by molar-refractivity contribution is 6.03. The van der Waals surface area contributed by atoms with Crippen molar-refractivity contribution in [2.45, 2.75) is 6.92 Å². The highest BCUT2D eigenvalue weighted by atomic mass is 19.1. The first-order valence-electron chi connectivity index (χ1n) is 4.63. The Labute approximate surface area is 91.9 Å². The van der Waals surface area contributed by atoms with Gasteiger partial charge < -0.3 is 10.5 Å². The van der Waals surface area contributed by atoms with Crippen LogP contribution in [0.5, 0.6) is 0 Å². The molecule has 0 spiro atoms. The van der Waals surface area contributed by atoms with Gasteiger partial charge in [-0.05, 0) is 19.1 Å². The summed E-state index contributed by atoms with van der Waals surface area (Å²) in [5.74, 6) is -1.12. The average molecular weight is 225 g/mol. The predicted molar refractivity (Wildman–Crippen MR) is 58.1 cm³/mol. The first-order chi connectivity index (χ1) is 7.56. The zero-order valence-electron chi connectivity index (χ0n) is 8.71. The third kappa shape index (κ3) is 2.69. The van der Waals surface area contributed by atoms with E-state index in [0.29, 0.717) is 0 Å². The van der Waals surface area contributed by atoms with Crippen molar-refractivity contribution in [2.75, 3.05) is 11.9 Å². The third-order valence-corrected chi connectivity index (χ3v) is 1.80. The Morgan fingerprint density at radius 3 is 2.88 bits per heavy atom. The molecule has 0 saturated heterocycles. The summed E-state index contributed by atoms with van der Waals surface area (Å²) in [5, 5.41) is 9.52. The Morgan fingerprint density at radius 2 is 2.31 bits per heavy atom. The minimum atomic E-state index is -0.712. The lowest BCUT2D eigenvalue weighted by molar-refractivity contribution is 0.168. The smallest absolute Gasteiger partial charge is 0.411 e. The summed E-state index contributed by atoms with van der Waals surface area (Å²) in [6, 6.07) is 4.01. The molecule has 1 aromatic rings. The van der Waals surface area contributed by atoms with E-state index in [-0.39, 0.29) is 17.9 Å². The SMILES string of the molecule is CCOC(=O)Nc1cccc(F)c1C(=N)N. The van der Waals surface area contributed by atoms with Gasteiger partial charge >= 0.3 is 6.09 Å². The molecular formula is C10H12FN3O2. The quantitative estimate of drug-likeness (QED) is 0.540. The number of carbonyl (C=O) groups excluding carboxylic acids is 1. The number of nitrogens with two attached hydrogens (primary N) is 1. The predicted octanol–water partition coefficient (Wildman–Crippen LogP) is 1.68. The molecule has 0 aliphatic rings. The zero-order valence-corrected chi connectivity index (χ0v) is 8.71. The number of hydrogen-bond acceptors (Lipinski definition) is 3. The maximum absolute atomic E-state index is 13.3. The molecule has 0 bridgehead atoms. The first kappa shape index (κ1) is 12.0. The Bertz CT molecular complexity index is 421. The second-order valence-electron chi connectivity index (χ2n) is 2.92. The highest BCUT2D eigenvalue weighted by Gasteiger charge is 2.13. The lowest BCUT2D eigenvalue weighted by Gasteiger charge is -2.10. The summed E-state index contributed by atoms with van der Waals surface area (Å²) < 4.78 is 18.0. The molecule has 4 N–H and O–H groups in total. The second-order valence-corrected chi connectivity index (χ2v) is 2.92. The van der Waals surface area contributed by atoms with Gasteiger partial charge in [0.1, 0.15) is 11.7 Å². The van der Waals surface area contributed by atoms with Crippen LogP contribution in [0.2, 0.25) is 0 Å². The molecule has 6 heteroatoms. The average Bonchev–Trinajstić information content (AvgIpc) is 2.17. The lowest BCUT2D eigenvalue weighted by Crippen LogP contribution is -2.20. The van der Waals surface area contributed by atoms with Crippen LogP contribution in [0.3, 0.4) is 0 Å². The number of halogens is 1.